The molecule has 6 nitrogen and oxygen atoms in total. The highest BCUT2D eigenvalue weighted by Crippen LogP contribution is 2.33. The molecule has 1 aliphatic heterocycles. The smallest absolute Gasteiger partial charge is 0.454 e. The third-order valence-electron chi connectivity index (χ3n) is 3.97. The summed E-state index contributed by atoms with van der Waals surface area (Å²) in [4.78, 5) is 8.98. The molecule has 0 spiro atoms. The first-order chi connectivity index (χ1) is 11.7. The highest BCUT2D eigenvalue weighted by molar-refractivity contribution is 6.43. The van der Waals surface area contributed by atoms with Gasteiger partial charge in [0.2, 0.25) is 0 Å². The Kier molecular flexibility index (Phi) is 5.32. The van der Waals surface area contributed by atoms with Gasteiger partial charge in [0.1, 0.15) is 0 Å². The summed E-state index contributed by atoms with van der Waals surface area (Å²) in [6.07, 6.45) is 4.92. The lowest BCUT2D eigenvalue weighted by Crippen LogP contribution is -2.08. The molecule has 2 heterocycles. The molecule has 126 valence electrons. The zero-order chi connectivity index (χ0) is 16.9. The van der Waals surface area contributed by atoms with Crippen LogP contribution in [0.15, 0.2) is 30.6 Å². The number of methoxy groups -OCH3 is 1. The van der Waals surface area contributed by atoms with Crippen molar-refractivity contribution in [3.05, 3.63) is 36.3 Å². The van der Waals surface area contributed by atoms with Crippen LogP contribution < -0.4 is 9.47 Å². The lowest BCUT2D eigenvalue weighted by atomic mass is 9.81. The topological polar surface area (TPSA) is 73.7 Å². The van der Waals surface area contributed by atoms with Gasteiger partial charge in [-0.3, -0.25) is 4.98 Å². The fourth-order valence-electron chi connectivity index (χ4n) is 2.69. The third kappa shape index (κ3) is 3.68. The van der Waals surface area contributed by atoms with E-state index in [2.05, 4.69) is 16.9 Å². The van der Waals surface area contributed by atoms with Crippen LogP contribution in [0.2, 0.25) is 6.32 Å². The van der Waals surface area contributed by atoms with E-state index < -0.39 is 7.12 Å². The second kappa shape index (κ2) is 7.64. The van der Waals surface area contributed by atoms with Gasteiger partial charge in [0, 0.05) is 24.3 Å². The number of aromatic nitrogens is 2. The predicted molar refractivity (Wildman–Crippen MR) is 91.3 cm³/mol. The molecular formula is C17H21BN2O4. The first-order valence-corrected chi connectivity index (χ1v) is 8.14. The predicted octanol–water partition coefficient (Wildman–Crippen LogP) is 2.54. The number of hydrogen-bond acceptors (Lipinski definition) is 6. The van der Waals surface area contributed by atoms with Crippen molar-refractivity contribution in [2.24, 2.45) is 0 Å². The average Bonchev–Trinajstić information content (AvgIpc) is 3.06. The Balaban J connectivity index is 1.88. The molecule has 24 heavy (non-hydrogen) atoms. The van der Waals surface area contributed by atoms with Crippen LogP contribution in [0.4, 0.5) is 0 Å². The van der Waals surface area contributed by atoms with Crippen LogP contribution in [0.3, 0.4) is 0 Å². The van der Waals surface area contributed by atoms with Crippen molar-refractivity contribution in [1.82, 2.24) is 9.97 Å². The zero-order valence-electron chi connectivity index (χ0n) is 13.9. The quantitative estimate of drug-likeness (QED) is 0.822. The number of nitrogens with zero attached hydrogens (tertiary/aromatic N) is 2. The van der Waals surface area contributed by atoms with Gasteiger partial charge >= 0.3 is 7.12 Å². The van der Waals surface area contributed by atoms with Crippen molar-refractivity contribution in [3.63, 3.8) is 0 Å². The van der Waals surface area contributed by atoms with Gasteiger partial charge in [-0.25, -0.2) is 4.98 Å². The van der Waals surface area contributed by atoms with Crippen LogP contribution in [-0.2, 0) is 4.65 Å². The molecule has 1 unspecified atom stereocenters. The Hall–Kier alpha value is -2.12. The van der Waals surface area contributed by atoms with Crippen molar-refractivity contribution in [1.29, 1.82) is 0 Å². The standard InChI is InChI=1S/C17H21BN2O4/c1-3-6-23-17-7-12(4-5-16(17)22-2)14-9-19-10-15(20-14)13-8-18(21)24-11-13/h4-5,7,9-10,13,21H,3,6,8,11H2,1-2H3. The van der Waals surface area contributed by atoms with Crippen LogP contribution in [0.25, 0.3) is 11.3 Å². The van der Waals surface area contributed by atoms with Gasteiger partial charge in [-0.1, -0.05) is 6.92 Å². The normalized spacial score (nSPS) is 17.1. The van der Waals surface area contributed by atoms with Gasteiger partial charge < -0.3 is 19.2 Å². The fourth-order valence-corrected chi connectivity index (χ4v) is 2.69. The minimum Gasteiger partial charge on any atom is -0.493 e. The van der Waals surface area contributed by atoms with E-state index in [1.807, 2.05) is 18.2 Å². The van der Waals surface area contributed by atoms with E-state index in [0.717, 1.165) is 23.4 Å². The molecule has 2 aromatic rings. The Morgan fingerprint density at radius 2 is 2.21 bits per heavy atom. The maximum atomic E-state index is 9.52. The summed E-state index contributed by atoms with van der Waals surface area (Å²) in [6, 6.07) is 5.73. The molecule has 0 aliphatic carbocycles. The van der Waals surface area contributed by atoms with Crippen LogP contribution >= 0.6 is 0 Å². The van der Waals surface area contributed by atoms with Crippen LogP contribution in [-0.4, -0.2) is 42.4 Å². The summed E-state index contributed by atoms with van der Waals surface area (Å²) in [5.74, 6) is 1.47. The number of rotatable bonds is 6. The second-order valence-corrected chi connectivity index (χ2v) is 5.76. The Labute approximate surface area is 142 Å². The molecule has 0 saturated carbocycles. The van der Waals surface area contributed by atoms with Gasteiger partial charge in [0.05, 0.1) is 31.3 Å². The van der Waals surface area contributed by atoms with E-state index >= 15 is 0 Å². The number of hydrogen-bond donors (Lipinski definition) is 1. The molecular weight excluding hydrogens is 307 g/mol. The zero-order valence-corrected chi connectivity index (χ0v) is 13.9. The highest BCUT2D eigenvalue weighted by atomic mass is 16.5. The van der Waals surface area contributed by atoms with Crippen LogP contribution in [0.1, 0.15) is 25.0 Å². The van der Waals surface area contributed by atoms with E-state index in [9.17, 15) is 5.02 Å². The molecule has 3 rings (SSSR count). The Bertz CT molecular complexity index is 698. The molecule has 1 aromatic carbocycles. The summed E-state index contributed by atoms with van der Waals surface area (Å²) < 4.78 is 16.3. The monoisotopic (exact) mass is 328 g/mol. The first kappa shape index (κ1) is 16.7. The molecule has 0 amide bonds. The van der Waals surface area contributed by atoms with Crippen LogP contribution in [0, 0.1) is 0 Å². The maximum Gasteiger partial charge on any atom is 0.454 e. The van der Waals surface area contributed by atoms with E-state index in [1.54, 1.807) is 19.5 Å². The summed E-state index contributed by atoms with van der Waals surface area (Å²) in [5.41, 5.74) is 2.50. The van der Waals surface area contributed by atoms with Crippen molar-refractivity contribution in [3.8, 4) is 22.8 Å². The van der Waals surface area contributed by atoms with E-state index in [0.29, 0.717) is 31.0 Å². The molecule has 1 N–H and O–H groups in total. The Morgan fingerprint density at radius 3 is 2.92 bits per heavy atom. The van der Waals surface area contributed by atoms with Gasteiger partial charge in [0.15, 0.2) is 11.5 Å². The van der Waals surface area contributed by atoms with E-state index in [1.165, 1.54) is 0 Å². The molecule has 0 radical (unpaired) electrons. The van der Waals surface area contributed by atoms with Gasteiger partial charge in [0.25, 0.3) is 0 Å². The fraction of sp³-hybridized carbons (Fsp3) is 0.412. The lowest BCUT2D eigenvalue weighted by Gasteiger charge is -2.13. The van der Waals surface area contributed by atoms with Gasteiger partial charge in [-0.05, 0) is 30.9 Å². The van der Waals surface area contributed by atoms with E-state index in [4.69, 9.17) is 14.1 Å². The van der Waals surface area contributed by atoms with Gasteiger partial charge in [-0.15, -0.1) is 0 Å². The minimum atomic E-state index is -0.713. The van der Waals surface area contributed by atoms with Crippen molar-refractivity contribution >= 4 is 7.12 Å². The number of benzene rings is 1. The summed E-state index contributed by atoms with van der Waals surface area (Å²) in [6.45, 7) is 3.15. The van der Waals surface area contributed by atoms with Crippen molar-refractivity contribution < 1.29 is 19.2 Å². The average molecular weight is 328 g/mol. The first-order valence-electron chi connectivity index (χ1n) is 8.14. The molecule has 7 heteroatoms. The largest absolute Gasteiger partial charge is 0.493 e. The second-order valence-electron chi connectivity index (χ2n) is 5.76. The highest BCUT2D eigenvalue weighted by Gasteiger charge is 2.30. The van der Waals surface area contributed by atoms with Crippen molar-refractivity contribution in [2.75, 3.05) is 20.3 Å². The molecule has 1 saturated heterocycles. The summed E-state index contributed by atoms with van der Waals surface area (Å²) in [5, 5.41) is 9.52. The maximum absolute atomic E-state index is 9.52. The molecule has 0 bridgehead atoms. The summed E-state index contributed by atoms with van der Waals surface area (Å²) in [7, 11) is 0.912. The Morgan fingerprint density at radius 1 is 1.33 bits per heavy atom. The van der Waals surface area contributed by atoms with E-state index in [-0.39, 0.29) is 5.92 Å². The SMILES string of the molecule is CCCOc1cc(-c2cncc(C3COB(O)C3)n2)ccc1OC. The molecule has 1 aliphatic rings. The lowest BCUT2D eigenvalue weighted by molar-refractivity contribution is 0.291. The molecule has 1 atom stereocenters. The third-order valence-corrected chi connectivity index (χ3v) is 3.97. The summed E-state index contributed by atoms with van der Waals surface area (Å²) >= 11 is 0. The molecule has 1 fully saturated rings. The van der Waals surface area contributed by atoms with Crippen LogP contribution in [0.5, 0.6) is 11.5 Å². The minimum absolute atomic E-state index is 0.0708. The van der Waals surface area contributed by atoms with Crippen molar-refractivity contribution in [2.45, 2.75) is 25.6 Å². The molecule has 1 aromatic heterocycles. The number of ether oxygens (including phenoxy) is 2. The van der Waals surface area contributed by atoms with Gasteiger partial charge in [-0.2, -0.15) is 0 Å².